The van der Waals surface area contributed by atoms with Crippen LogP contribution in [0.2, 0.25) is 0 Å². The summed E-state index contributed by atoms with van der Waals surface area (Å²) in [5, 5.41) is 0. The number of hydrogen-bond acceptors (Lipinski definition) is 4. The van der Waals surface area contributed by atoms with E-state index in [1.807, 2.05) is 0 Å². The number of anilines is 1. The smallest absolute Gasteiger partial charge is 0.245 e. The third-order valence-electron chi connectivity index (χ3n) is 4.03. The highest BCUT2D eigenvalue weighted by Crippen LogP contribution is 2.35. The van der Waals surface area contributed by atoms with Crippen LogP contribution in [-0.2, 0) is 14.8 Å². The van der Waals surface area contributed by atoms with Gasteiger partial charge >= 0.3 is 0 Å². The first-order valence-electron chi connectivity index (χ1n) is 6.69. The van der Waals surface area contributed by atoms with Crippen LogP contribution in [0.25, 0.3) is 0 Å². The summed E-state index contributed by atoms with van der Waals surface area (Å²) in [6.45, 7) is 0.662. The third kappa shape index (κ3) is 2.10. The number of morpholine rings is 1. The van der Waals surface area contributed by atoms with Gasteiger partial charge in [-0.05, 0) is 31.4 Å². The fraction of sp³-hybridized carbons (Fsp3) is 0.538. The first-order valence-corrected chi connectivity index (χ1v) is 8.13. The summed E-state index contributed by atoms with van der Waals surface area (Å²) >= 11 is 0. The van der Waals surface area contributed by atoms with Gasteiger partial charge in [-0.3, -0.25) is 0 Å². The Hall–Kier alpha value is -1.18. The first kappa shape index (κ1) is 13.8. The molecule has 0 aromatic heterocycles. The monoisotopic (exact) mass is 300 g/mol. The predicted octanol–water partition coefficient (Wildman–Crippen LogP) is 1.35. The van der Waals surface area contributed by atoms with E-state index in [0.29, 0.717) is 13.2 Å². The zero-order valence-corrected chi connectivity index (χ0v) is 11.8. The Morgan fingerprint density at radius 1 is 1.35 bits per heavy atom. The topological polar surface area (TPSA) is 72.6 Å². The number of ether oxygens (including phenoxy) is 1. The summed E-state index contributed by atoms with van der Waals surface area (Å²) in [6.07, 6.45) is 2.54. The highest BCUT2D eigenvalue weighted by Gasteiger charge is 2.42. The van der Waals surface area contributed by atoms with Crippen molar-refractivity contribution in [3.63, 3.8) is 0 Å². The third-order valence-corrected chi connectivity index (χ3v) is 6.01. The lowest BCUT2D eigenvalue weighted by atomic mass is 10.2. The molecular weight excluding hydrogens is 283 g/mol. The van der Waals surface area contributed by atoms with Gasteiger partial charge in [-0.15, -0.1) is 0 Å². The molecule has 2 N–H and O–H groups in total. The van der Waals surface area contributed by atoms with E-state index in [1.165, 1.54) is 16.4 Å². The van der Waals surface area contributed by atoms with Crippen LogP contribution in [0.5, 0.6) is 0 Å². The van der Waals surface area contributed by atoms with E-state index in [-0.39, 0.29) is 22.7 Å². The fourth-order valence-electron chi connectivity index (χ4n) is 3.06. The molecule has 1 saturated heterocycles. The number of nitrogens with two attached hydrogens (primary N) is 1. The Labute approximate surface area is 117 Å². The molecule has 2 atom stereocenters. The van der Waals surface area contributed by atoms with Gasteiger partial charge in [0.1, 0.15) is 10.7 Å². The van der Waals surface area contributed by atoms with Crippen LogP contribution in [-0.4, -0.2) is 38.0 Å². The van der Waals surface area contributed by atoms with E-state index in [4.69, 9.17) is 10.5 Å². The maximum atomic E-state index is 13.5. The number of halogens is 1. The average molecular weight is 300 g/mol. The summed E-state index contributed by atoms with van der Waals surface area (Å²) < 4.78 is 46.0. The first-order chi connectivity index (χ1) is 9.51. The van der Waals surface area contributed by atoms with Gasteiger partial charge in [-0.25, -0.2) is 12.8 Å². The number of nitrogens with zero attached hydrogens (tertiary/aromatic N) is 1. The minimum absolute atomic E-state index is 0.0479. The van der Waals surface area contributed by atoms with Gasteiger partial charge in [0, 0.05) is 6.54 Å². The van der Waals surface area contributed by atoms with Crippen LogP contribution in [0.1, 0.15) is 19.3 Å². The zero-order valence-electron chi connectivity index (χ0n) is 11.0. The molecule has 5 nitrogen and oxygen atoms in total. The molecule has 2 aliphatic rings. The molecule has 1 saturated carbocycles. The maximum absolute atomic E-state index is 13.5. The van der Waals surface area contributed by atoms with Gasteiger partial charge in [-0.2, -0.15) is 4.31 Å². The number of nitrogen functional groups attached to an aromatic ring is 1. The van der Waals surface area contributed by atoms with Crippen LogP contribution in [0.3, 0.4) is 0 Å². The van der Waals surface area contributed by atoms with Gasteiger partial charge in [0.2, 0.25) is 10.0 Å². The van der Waals surface area contributed by atoms with Crippen molar-refractivity contribution in [2.75, 3.05) is 18.9 Å². The molecule has 0 bridgehead atoms. The molecule has 2 unspecified atom stereocenters. The van der Waals surface area contributed by atoms with E-state index in [2.05, 4.69) is 0 Å². The number of rotatable bonds is 2. The van der Waals surface area contributed by atoms with E-state index < -0.39 is 15.8 Å². The quantitative estimate of drug-likeness (QED) is 0.837. The molecule has 1 aromatic carbocycles. The Morgan fingerprint density at radius 3 is 2.95 bits per heavy atom. The van der Waals surface area contributed by atoms with E-state index in [9.17, 15) is 12.8 Å². The van der Waals surface area contributed by atoms with Crippen LogP contribution in [0, 0.1) is 5.82 Å². The lowest BCUT2D eigenvalue weighted by Gasteiger charge is -2.36. The summed E-state index contributed by atoms with van der Waals surface area (Å²) in [6, 6.07) is 3.72. The van der Waals surface area contributed by atoms with Crippen molar-refractivity contribution in [2.45, 2.75) is 36.3 Å². The van der Waals surface area contributed by atoms with Gasteiger partial charge in [-0.1, -0.05) is 6.07 Å². The summed E-state index contributed by atoms with van der Waals surface area (Å²) in [5.41, 5.74) is 5.29. The van der Waals surface area contributed by atoms with Crippen molar-refractivity contribution >= 4 is 15.7 Å². The second-order valence-electron chi connectivity index (χ2n) is 5.17. The standard InChI is InChI=1S/C13H17FN2O3S/c14-9-3-1-6-12(13(9)15)20(17,18)16-7-8-19-11-5-2-4-10(11)16/h1,3,6,10-11H,2,4-5,7-8,15H2. The van der Waals surface area contributed by atoms with Crippen molar-refractivity contribution in [2.24, 2.45) is 0 Å². The Kier molecular flexibility index (Phi) is 3.43. The van der Waals surface area contributed by atoms with E-state index in [0.717, 1.165) is 25.3 Å². The number of sulfonamides is 1. The molecule has 2 fully saturated rings. The highest BCUT2D eigenvalue weighted by molar-refractivity contribution is 7.89. The fourth-order valence-corrected chi connectivity index (χ4v) is 4.85. The molecular formula is C13H17FN2O3S. The normalized spacial score (nSPS) is 27.4. The molecule has 7 heteroatoms. The molecule has 110 valence electrons. The molecule has 0 spiro atoms. The molecule has 1 heterocycles. The number of benzene rings is 1. The van der Waals surface area contributed by atoms with Gasteiger partial charge in [0.15, 0.2) is 0 Å². The second kappa shape index (κ2) is 4.98. The largest absolute Gasteiger partial charge is 0.395 e. The van der Waals surface area contributed by atoms with Gasteiger partial charge in [0.25, 0.3) is 0 Å². The zero-order chi connectivity index (χ0) is 14.3. The summed E-state index contributed by atoms with van der Waals surface area (Å²) in [4.78, 5) is -0.148. The summed E-state index contributed by atoms with van der Waals surface area (Å²) in [7, 11) is -3.78. The summed E-state index contributed by atoms with van der Waals surface area (Å²) in [5.74, 6) is -0.706. The van der Waals surface area contributed by atoms with Crippen molar-refractivity contribution in [3.8, 4) is 0 Å². The van der Waals surface area contributed by atoms with Gasteiger partial charge in [0.05, 0.1) is 24.4 Å². The minimum atomic E-state index is -3.78. The van der Waals surface area contributed by atoms with Crippen LogP contribution in [0.4, 0.5) is 10.1 Å². The van der Waals surface area contributed by atoms with Crippen molar-refractivity contribution in [1.29, 1.82) is 0 Å². The number of para-hydroxylation sites is 1. The Morgan fingerprint density at radius 2 is 2.15 bits per heavy atom. The van der Waals surface area contributed by atoms with Crippen molar-refractivity contribution in [1.82, 2.24) is 4.31 Å². The number of hydrogen-bond donors (Lipinski definition) is 1. The second-order valence-corrected chi connectivity index (χ2v) is 7.03. The van der Waals surface area contributed by atoms with Gasteiger partial charge < -0.3 is 10.5 Å². The predicted molar refractivity (Wildman–Crippen MR) is 72.1 cm³/mol. The number of fused-ring (bicyclic) bond motifs is 1. The van der Waals surface area contributed by atoms with E-state index >= 15 is 0 Å². The van der Waals surface area contributed by atoms with E-state index in [1.54, 1.807) is 0 Å². The maximum Gasteiger partial charge on any atom is 0.245 e. The Bertz CT molecular complexity index is 620. The molecule has 1 aliphatic carbocycles. The molecule has 0 amide bonds. The minimum Gasteiger partial charge on any atom is -0.395 e. The van der Waals surface area contributed by atoms with Crippen LogP contribution in [0.15, 0.2) is 23.1 Å². The van der Waals surface area contributed by atoms with Crippen LogP contribution < -0.4 is 5.73 Å². The lowest BCUT2D eigenvalue weighted by Crippen LogP contribution is -2.51. The van der Waals surface area contributed by atoms with Crippen LogP contribution >= 0.6 is 0 Å². The average Bonchev–Trinajstić information content (AvgIpc) is 2.89. The Balaban J connectivity index is 2.01. The molecule has 1 aromatic rings. The molecule has 20 heavy (non-hydrogen) atoms. The lowest BCUT2D eigenvalue weighted by molar-refractivity contribution is -0.0241. The highest BCUT2D eigenvalue weighted by atomic mass is 32.2. The molecule has 0 radical (unpaired) electrons. The van der Waals surface area contributed by atoms with Crippen molar-refractivity contribution < 1.29 is 17.5 Å². The molecule has 1 aliphatic heterocycles. The van der Waals surface area contributed by atoms with Crippen molar-refractivity contribution in [3.05, 3.63) is 24.0 Å². The SMILES string of the molecule is Nc1c(F)cccc1S(=O)(=O)N1CCOC2CCCC21. The molecule has 3 rings (SSSR count).